The second kappa shape index (κ2) is 7.25. The number of hydrogen-bond acceptors (Lipinski definition) is 4. The third-order valence-corrected chi connectivity index (χ3v) is 5.32. The third-order valence-electron chi connectivity index (χ3n) is 4.24. The number of aromatic nitrogens is 3. The van der Waals surface area contributed by atoms with Crippen molar-refractivity contribution >= 4 is 17.7 Å². The summed E-state index contributed by atoms with van der Waals surface area (Å²) in [5, 5.41) is 6.83. The lowest BCUT2D eigenvalue weighted by molar-refractivity contribution is -0.131. The van der Waals surface area contributed by atoms with E-state index < -0.39 is 0 Å². The summed E-state index contributed by atoms with van der Waals surface area (Å²) < 4.78 is 1.60. The highest BCUT2D eigenvalue weighted by molar-refractivity contribution is 8.00. The van der Waals surface area contributed by atoms with Crippen molar-refractivity contribution in [2.45, 2.75) is 50.2 Å². The molecule has 3 rings (SSSR count). The van der Waals surface area contributed by atoms with E-state index in [4.69, 9.17) is 0 Å². The zero-order chi connectivity index (χ0) is 17.1. The van der Waals surface area contributed by atoms with E-state index in [1.165, 1.54) is 22.9 Å². The highest BCUT2D eigenvalue weighted by Crippen LogP contribution is 2.25. The Morgan fingerprint density at radius 2 is 2.12 bits per heavy atom. The molecular weight excluding hydrogens is 324 g/mol. The standard InChI is InChI=1S/C17H22N4O2S/c1-3-9-21-16(23)18-19-17(21)24-12(2)15(22)20-10-8-13-6-4-5-7-14(13)11-20/h4-7,12H,3,8-11H2,1-2H3,(H,18,23)/t12-/m0/s1. The molecule has 0 radical (unpaired) electrons. The molecule has 1 aromatic carbocycles. The minimum atomic E-state index is -0.277. The number of carbonyl (C=O) groups excluding carboxylic acids is 1. The van der Waals surface area contributed by atoms with E-state index in [-0.39, 0.29) is 16.8 Å². The van der Waals surface area contributed by atoms with Crippen LogP contribution in [-0.2, 0) is 24.3 Å². The first-order chi connectivity index (χ1) is 11.6. The molecule has 1 N–H and O–H groups in total. The minimum absolute atomic E-state index is 0.0907. The fourth-order valence-corrected chi connectivity index (χ4v) is 3.93. The van der Waals surface area contributed by atoms with E-state index >= 15 is 0 Å². The summed E-state index contributed by atoms with van der Waals surface area (Å²) in [6.45, 7) is 5.89. The second-order valence-corrected chi connectivity index (χ2v) is 7.31. The van der Waals surface area contributed by atoms with Crippen LogP contribution in [0.4, 0.5) is 0 Å². The molecule has 128 valence electrons. The van der Waals surface area contributed by atoms with Gasteiger partial charge in [-0.15, -0.1) is 5.10 Å². The van der Waals surface area contributed by atoms with Crippen LogP contribution >= 0.6 is 11.8 Å². The Morgan fingerprint density at radius 1 is 1.38 bits per heavy atom. The molecule has 1 aromatic heterocycles. The second-order valence-electron chi connectivity index (χ2n) is 6.00. The number of H-pyrrole nitrogens is 1. The van der Waals surface area contributed by atoms with Crippen molar-refractivity contribution in [2.75, 3.05) is 6.54 Å². The molecule has 0 bridgehead atoms. The van der Waals surface area contributed by atoms with E-state index in [0.29, 0.717) is 18.2 Å². The predicted molar refractivity (Wildman–Crippen MR) is 94.0 cm³/mol. The highest BCUT2D eigenvalue weighted by Gasteiger charge is 2.26. The van der Waals surface area contributed by atoms with Crippen LogP contribution in [0.3, 0.4) is 0 Å². The van der Waals surface area contributed by atoms with Gasteiger partial charge in [0.15, 0.2) is 5.16 Å². The smallest absolute Gasteiger partial charge is 0.337 e. The molecule has 0 fully saturated rings. The quantitative estimate of drug-likeness (QED) is 0.841. The summed E-state index contributed by atoms with van der Waals surface area (Å²) in [5.41, 5.74) is 2.33. The van der Waals surface area contributed by atoms with Crippen LogP contribution in [-0.4, -0.2) is 37.4 Å². The fraction of sp³-hybridized carbons (Fsp3) is 0.471. The number of thioether (sulfide) groups is 1. The Labute approximate surface area is 145 Å². The largest absolute Gasteiger partial charge is 0.343 e. The Kier molecular flexibility index (Phi) is 5.08. The van der Waals surface area contributed by atoms with Gasteiger partial charge in [0.1, 0.15) is 0 Å². The van der Waals surface area contributed by atoms with Gasteiger partial charge in [0.05, 0.1) is 5.25 Å². The number of rotatable bonds is 5. The van der Waals surface area contributed by atoms with Crippen LogP contribution in [0.5, 0.6) is 0 Å². The van der Waals surface area contributed by atoms with Crippen molar-refractivity contribution in [3.63, 3.8) is 0 Å². The average molecular weight is 346 g/mol. The Bertz CT molecular complexity index is 783. The van der Waals surface area contributed by atoms with E-state index in [9.17, 15) is 9.59 Å². The maximum absolute atomic E-state index is 12.8. The molecule has 2 heterocycles. The van der Waals surface area contributed by atoms with Gasteiger partial charge in [0.25, 0.3) is 0 Å². The van der Waals surface area contributed by atoms with E-state index in [2.05, 4.69) is 22.3 Å². The normalized spacial score (nSPS) is 15.2. The van der Waals surface area contributed by atoms with Gasteiger partial charge in [-0.2, -0.15) is 0 Å². The lowest BCUT2D eigenvalue weighted by Crippen LogP contribution is -2.40. The van der Waals surface area contributed by atoms with Crippen molar-refractivity contribution < 1.29 is 4.79 Å². The van der Waals surface area contributed by atoms with E-state index in [1.54, 1.807) is 4.57 Å². The molecule has 0 saturated carbocycles. The molecule has 0 aliphatic carbocycles. The van der Waals surface area contributed by atoms with Crippen molar-refractivity contribution in [3.8, 4) is 0 Å². The molecule has 24 heavy (non-hydrogen) atoms. The van der Waals surface area contributed by atoms with Gasteiger partial charge in [-0.1, -0.05) is 43.0 Å². The molecule has 0 saturated heterocycles. The SMILES string of the molecule is CCCn1c(S[C@@H](C)C(=O)N2CCc3ccccc3C2)n[nH]c1=O. The van der Waals surface area contributed by atoms with Gasteiger partial charge in [0.2, 0.25) is 5.91 Å². The number of amides is 1. The van der Waals surface area contributed by atoms with Gasteiger partial charge >= 0.3 is 5.69 Å². The average Bonchev–Trinajstić information content (AvgIpc) is 2.94. The number of aromatic amines is 1. The number of hydrogen-bond donors (Lipinski definition) is 1. The Balaban J connectivity index is 1.69. The number of nitrogens with zero attached hydrogens (tertiary/aromatic N) is 3. The molecule has 2 aromatic rings. The minimum Gasteiger partial charge on any atom is -0.337 e. The maximum atomic E-state index is 12.8. The molecule has 0 unspecified atom stereocenters. The van der Waals surface area contributed by atoms with Crippen LogP contribution in [0.25, 0.3) is 0 Å². The molecule has 7 heteroatoms. The lowest BCUT2D eigenvalue weighted by Gasteiger charge is -2.30. The monoisotopic (exact) mass is 346 g/mol. The van der Waals surface area contributed by atoms with Crippen LogP contribution < -0.4 is 5.69 Å². The van der Waals surface area contributed by atoms with Crippen molar-refractivity contribution in [1.29, 1.82) is 0 Å². The Morgan fingerprint density at radius 3 is 2.88 bits per heavy atom. The summed E-state index contributed by atoms with van der Waals surface area (Å²) in [5.74, 6) is 0.0907. The van der Waals surface area contributed by atoms with E-state index in [0.717, 1.165) is 19.4 Å². The molecule has 1 aliphatic heterocycles. The lowest BCUT2D eigenvalue weighted by atomic mass is 10.00. The highest BCUT2D eigenvalue weighted by atomic mass is 32.2. The summed E-state index contributed by atoms with van der Waals surface area (Å²) in [4.78, 5) is 26.4. The first kappa shape index (κ1) is 16.8. The number of fused-ring (bicyclic) bond motifs is 1. The number of carbonyl (C=O) groups is 1. The molecule has 1 aliphatic rings. The van der Waals surface area contributed by atoms with Crippen LogP contribution in [0.1, 0.15) is 31.4 Å². The Hall–Kier alpha value is -2.02. The fourth-order valence-electron chi connectivity index (χ4n) is 2.96. The first-order valence-electron chi connectivity index (χ1n) is 8.27. The zero-order valence-corrected chi connectivity index (χ0v) is 14.8. The number of nitrogens with one attached hydrogen (secondary N) is 1. The van der Waals surface area contributed by atoms with Gasteiger partial charge in [-0.25, -0.2) is 9.89 Å². The third kappa shape index (κ3) is 3.40. The first-order valence-corrected chi connectivity index (χ1v) is 9.15. The molecular formula is C17H22N4O2S. The molecule has 0 spiro atoms. The predicted octanol–water partition coefficient (Wildman–Crippen LogP) is 2.05. The van der Waals surface area contributed by atoms with Crippen molar-refractivity contribution in [3.05, 3.63) is 45.9 Å². The van der Waals surface area contributed by atoms with Gasteiger partial charge in [-0.3, -0.25) is 9.36 Å². The van der Waals surface area contributed by atoms with Crippen LogP contribution in [0.2, 0.25) is 0 Å². The van der Waals surface area contributed by atoms with Crippen LogP contribution in [0, 0.1) is 0 Å². The molecule has 6 nitrogen and oxygen atoms in total. The summed E-state index contributed by atoms with van der Waals surface area (Å²) in [6, 6.07) is 8.26. The van der Waals surface area contributed by atoms with Gasteiger partial charge in [-0.05, 0) is 30.9 Å². The van der Waals surface area contributed by atoms with Gasteiger partial charge < -0.3 is 4.90 Å². The topological polar surface area (TPSA) is 71.0 Å². The van der Waals surface area contributed by atoms with Crippen molar-refractivity contribution in [1.82, 2.24) is 19.7 Å². The molecule has 1 amide bonds. The zero-order valence-electron chi connectivity index (χ0n) is 14.0. The van der Waals surface area contributed by atoms with Gasteiger partial charge in [0, 0.05) is 19.6 Å². The molecule has 1 atom stereocenters. The number of benzene rings is 1. The summed E-state index contributed by atoms with van der Waals surface area (Å²) >= 11 is 1.34. The maximum Gasteiger partial charge on any atom is 0.343 e. The van der Waals surface area contributed by atoms with E-state index in [1.807, 2.05) is 30.9 Å². The summed E-state index contributed by atoms with van der Waals surface area (Å²) in [6.07, 6.45) is 1.74. The van der Waals surface area contributed by atoms with Crippen LogP contribution in [0.15, 0.2) is 34.2 Å². The summed E-state index contributed by atoms with van der Waals surface area (Å²) in [7, 11) is 0. The van der Waals surface area contributed by atoms with Crippen molar-refractivity contribution in [2.24, 2.45) is 0 Å².